The number of nitro benzene ring substituents is 1. The van der Waals surface area contributed by atoms with Gasteiger partial charge in [0.25, 0.3) is 5.69 Å². The number of hydrogen-bond acceptors (Lipinski definition) is 5. The maximum absolute atomic E-state index is 13.8. The fraction of sp³-hybridized carbons (Fsp3) is 0.200. The predicted molar refractivity (Wildman–Crippen MR) is 116 cm³/mol. The maximum Gasteiger partial charge on any atom is 0.271 e. The Labute approximate surface area is 183 Å². The first-order valence-electron chi connectivity index (χ1n) is 10.4. The van der Waals surface area contributed by atoms with Crippen molar-refractivity contribution in [1.82, 2.24) is 0 Å². The largest absolute Gasteiger partial charge is 0.495 e. The second-order valence-corrected chi connectivity index (χ2v) is 8.39. The number of rotatable bonds is 3. The predicted octanol–water partition coefficient (Wildman–Crippen LogP) is 4.00. The molecule has 3 aromatic rings. The van der Waals surface area contributed by atoms with Gasteiger partial charge in [0.2, 0.25) is 11.8 Å². The molecule has 7 rings (SSSR count). The summed E-state index contributed by atoms with van der Waals surface area (Å²) in [5.41, 5.74) is 4.22. The van der Waals surface area contributed by atoms with Crippen molar-refractivity contribution in [3.05, 3.63) is 99.1 Å². The van der Waals surface area contributed by atoms with E-state index in [0.717, 1.165) is 27.2 Å². The first-order valence-corrected chi connectivity index (χ1v) is 10.4. The number of imide groups is 1. The van der Waals surface area contributed by atoms with Crippen LogP contribution in [0.25, 0.3) is 0 Å². The highest BCUT2D eigenvalue weighted by Crippen LogP contribution is 2.61. The molecular weight excluding hydrogens is 408 g/mol. The molecule has 1 fully saturated rings. The minimum absolute atomic E-state index is 0.124. The first kappa shape index (κ1) is 18.7. The van der Waals surface area contributed by atoms with E-state index in [9.17, 15) is 19.7 Å². The van der Waals surface area contributed by atoms with E-state index < -0.39 is 16.8 Å². The number of nitrogens with zero attached hydrogens (tertiary/aromatic N) is 2. The summed E-state index contributed by atoms with van der Waals surface area (Å²) >= 11 is 0. The smallest absolute Gasteiger partial charge is 0.271 e. The number of anilines is 1. The molecule has 0 aromatic heterocycles. The van der Waals surface area contributed by atoms with Crippen molar-refractivity contribution in [3.8, 4) is 5.75 Å². The van der Waals surface area contributed by atoms with E-state index in [-0.39, 0.29) is 40.8 Å². The molecule has 3 aromatic carbocycles. The van der Waals surface area contributed by atoms with Crippen LogP contribution in [-0.4, -0.2) is 23.8 Å². The first-order chi connectivity index (χ1) is 15.5. The lowest BCUT2D eigenvalue weighted by Crippen LogP contribution is -2.41. The highest BCUT2D eigenvalue weighted by Gasteiger charge is 2.62. The van der Waals surface area contributed by atoms with E-state index in [1.807, 2.05) is 48.5 Å². The van der Waals surface area contributed by atoms with Crippen LogP contribution in [0.1, 0.15) is 34.1 Å². The van der Waals surface area contributed by atoms with Crippen LogP contribution in [0.2, 0.25) is 0 Å². The molecule has 7 nitrogen and oxygen atoms in total. The summed E-state index contributed by atoms with van der Waals surface area (Å²) in [7, 11) is 1.41. The average molecular weight is 426 g/mol. The minimum Gasteiger partial charge on any atom is -0.495 e. The van der Waals surface area contributed by atoms with Gasteiger partial charge in [0.05, 0.1) is 23.9 Å². The number of benzene rings is 3. The number of carbonyl (C=O) groups excluding carboxylic acids is 2. The van der Waals surface area contributed by atoms with Crippen molar-refractivity contribution in [2.45, 2.75) is 11.8 Å². The summed E-state index contributed by atoms with van der Waals surface area (Å²) in [4.78, 5) is 39.5. The Kier molecular flexibility index (Phi) is 3.81. The van der Waals surface area contributed by atoms with Gasteiger partial charge < -0.3 is 4.74 Å². The summed E-state index contributed by atoms with van der Waals surface area (Å²) in [6.45, 7) is 0. The molecule has 32 heavy (non-hydrogen) atoms. The SMILES string of the molecule is COc1ccc([N+](=O)[O-])cc1N1C(=O)[C@@H]2C3c4ccccc4C(c4ccccc43)[C@@H]2C1=O. The fourth-order valence-corrected chi connectivity index (χ4v) is 5.88. The van der Waals surface area contributed by atoms with Gasteiger partial charge in [-0.3, -0.25) is 19.7 Å². The Morgan fingerprint density at radius 2 is 1.28 bits per heavy atom. The van der Waals surface area contributed by atoms with Gasteiger partial charge in [-0.25, -0.2) is 4.90 Å². The van der Waals surface area contributed by atoms with E-state index in [1.54, 1.807) is 0 Å². The molecule has 0 spiro atoms. The molecule has 0 radical (unpaired) electrons. The number of carbonyl (C=O) groups is 2. The van der Waals surface area contributed by atoms with Crippen molar-refractivity contribution in [2.75, 3.05) is 12.0 Å². The van der Waals surface area contributed by atoms with Crippen molar-refractivity contribution in [2.24, 2.45) is 11.8 Å². The van der Waals surface area contributed by atoms with Crippen LogP contribution in [0.5, 0.6) is 5.75 Å². The zero-order valence-corrected chi connectivity index (χ0v) is 17.1. The van der Waals surface area contributed by atoms with Gasteiger partial charge in [-0.15, -0.1) is 0 Å². The Morgan fingerprint density at radius 3 is 1.69 bits per heavy atom. The lowest BCUT2D eigenvalue weighted by atomic mass is 9.55. The van der Waals surface area contributed by atoms with Gasteiger partial charge in [-0.1, -0.05) is 48.5 Å². The summed E-state index contributed by atoms with van der Waals surface area (Å²) in [5, 5.41) is 11.4. The van der Waals surface area contributed by atoms with Crippen LogP contribution in [0, 0.1) is 22.0 Å². The zero-order valence-electron chi connectivity index (χ0n) is 17.1. The summed E-state index contributed by atoms with van der Waals surface area (Å²) in [6, 6.07) is 19.9. The van der Waals surface area contributed by atoms with E-state index in [4.69, 9.17) is 4.74 Å². The molecule has 158 valence electrons. The maximum atomic E-state index is 13.8. The van der Waals surface area contributed by atoms with Crippen LogP contribution in [0.4, 0.5) is 11.4 Å². The Balaban J connectivity index is 1.56. The highest BCUT2D eigenvalue weighted by atomic mass is 16.6. The molecule has 1 saturated heterocycles. The van der Waals surface area contributed by atoms with Crippen molar-refractivity contribution in [1.29, 1.82) is 0 Å². The zero-order chi connectivity index (χ0) is 22.1. The molecule has 1 aliphatic heterocycles. The third kappa shape index (κ3) is 2.25. The third-order valence-corrected chi connectivity index (χ3v) is 7.06. The molecule has 2 amide bonds. The van der Waals surface area contributed by atoms with Gasteiger partial charge in [0.15, 0.2) is 0 Å². The van der Waals surface area contributed by atoms with Crippen LogP contribution < -0.4 is 9.64 Å². The molecule has 0 unspecified atom stereocenters. The van der Waals surface area contributed by atoms with E-state index >= 15 is 0 Å². The van der Waals surface area contributed by atoms with E-state index in [1.165, 1.54) is 25.3 Å². The number of nitro groups is 1. The Morgan fingerprint density at radius 1 is 0.812 bits per heavy atom. The van der Waals surface area contributed by atoms with Gasteiger partial charge in [0, 0.05) is 24.0 Å². The Bertz CT molecular complexity index is 1220. The van der Waals surface area contributed by atoms with Crippen molar-refractivity contribution >= 4 is 23.2 Å². The average Bonchev–Trinajstić information content (AvgIpc) is 3.09. The lowest BCUT2D eigenvalue weighted by Gasteiger charge is -2.45. The normalized spacial score (nSPS) is 24.7. The molecule has 3 aliphatic carbocycles. The number of methoxy groups -OCH3 is 1. The highest BCUT2D eigenvalue weighted by molar-refractivity contribution is 6.24. The Hall–Kier alpha value is -4.00. The number of amides is 2. The van der Waals surface area contributed by atoms with E-state index in [2.05, 4.69) is 0 Å². The van der Waals surface area contributed by atoms with Crippen LogP contribution in [0.3, 0.4) is 0 Å². The van der Waals surface area contributed by atoms with Crippen molar-refractivity contribution in [3.63, 3.8) is 0 Å². The molecule has 0 N–H and O–H groups in total. The number of hydrogen-bond donors (Lipinski definition) is 0. The van der Waals surface area contributed by atoms with Crippen LogP contribution in [-0.2, 0) is 9.59 Å². The molecule has 4 aliphatic rings. The van der Waals surface area contributed by atoms with Crippen LogP contribution in [0.15, 0.2) is 66.7 Å². The standard InChI is InChI=1S/C25H18N2O5/c1-32-19-11-10-13(27(30)31)12-18(19)26-24(28)22-20-14-6-2-3-7-15(14)21(23(22)25(26)29)17-9-5-4-8-16(17)20/h2-12,20-23H,1H3/t20?,21?,22-,23+. The fourth-order valence-electron chi connectivity index (χ4n) is 5.88. The second-order valence-electron chi connectivity index (χ2n) is 8.39. The summed E-state index contributed by atoms with van der Waals surface area (Å²) in [6.07, 6.45) is 0. The summed E-state index contributed by atoms with van der Waals surface area (Å²) in [5.74, 6) is -2.00. The number of ether oxygens (including phenoxy) is 1. The van der Waals surface area contributed by atoms with Gasteiger partial charge in [0.1, 0.15) is 11.4 Å². The molecule has 2 bridgehead atoms. The molecule has 1 heterocycles. The second kappa shape index (κ2) is 6.50. The third-order valence-electron chi connectivity index (χ3n) is 7.06. The quantitative estimate of drug-likeness (QED) is 0.359. The topological polar surface area (TPSA) is 89.8 Å². The van der Waals surface area contributed by atoms with Gasteiger partial charge in [-0.05, 0) is 28.3 Å². The van der Waals surface area contributed by atoms with Gasteiger partial charge >= 0.3 is 0 Å². The van der Waals surface area contributed by atoms with Crippen molar-refractivity contribution < 1.29 is 19.2 Å². The molecule has 2 atom stereocenters. The minimum atomic E-state index is -0.554. The monoisotopic (exact) mass is 426 g/mol. The molecule has 7 heteroatoms. The lowest BCUT2D eigenvalue weighted by molar-refractivity contribution is -0.384. The van der Waals surface area contributed by atoms with Crippen LogP contribution >= 0.6 is 0 Å². The van der Waals surface area contributed by atoms with E-state index in [0.29, 0.717) is 0 Å². The molecule has 0 saturated carbocycles. The summed E-state index contributed by atoms with van der Waals surface area (Å²) < 4.78 is 5.37. The molecular formula is C25H18N2O5. The van der Waals surface area contributed by atoms with Gasteiger partial charge in [-0.2, -0.15) is 0 Å². The number of non-ortho nitro benzene ring substituents is 1.